The smallest absolute Gasteiger partial charge is 0.471 e. The Bertz CT molecular complexity index is 1380. The number of ketones is 1. The summed E-state index contributed by atoms with van der Waals surface area (Å²) in [4.78, 5) is 36.8. The predicted octanol–water partition coefficient (Wildman–Crippen LogP) is 4.38. The van der Waals surface area contributed by atoms with E-state index in [0.29, 0.717) is 52.9 Å². The van der Waals surface area contributed by atoms with Gasteiger partial charge in [-0.3, -0.25) is 9.59 Å². The van der Waals surface area contributed by atoms with Gasteiger partial charge in [-0.1, -0.05) is 24.9 Å². The van der Waals surface area contributed by atoms with Gasteiger partial charge in [-0.2, -0.15) is 13.2 Å². The number of rotatable bonds is 9. The molecule has 228 valence electrons. The number of hydrogen-bond donors (Lipinski definition) is 2. The number of alkyl halides is 3. The molecule has 2 aliphatic heterocycles. The molecule has 0 unspecified atom stereocenters. The minimum absolute atomic E-state index is 0.00103. The van der Waals surface area contributed by atoms with E-state index in [9.17, 15) is 27.9 Å². The lowest BCUT2D eigenvalue weighted by molar-refractivity contribution is -0.184. The van der Waals surface area contributed by atoms with Gasteiger partial charge in [-0.15, -0.1) is 0 Å². The number of aliphatic hydroxyl groups excluding tert-OH is 1. The van der Waals surface area contributed by atoms with Crippen LogP contribution >= 0.6 is 11.6 Å². The van der Waals surface area contributed by atoms with E-state index in [4.69, 9.17) is 32.0 Å². The van der Waals surface area contributed by atoms with Crippen molar-refractivity contribution in [1.82, 2.24) is 14.9 Å². The van der Waals surface area contributed by atoms with Crippen molar-refractivity contribution in [3.63, 3.8) is 0 Å². The second kappa shape index (κ2) is 12.5. The summed E-state index contributed by atoms with van der Waals surface area (Å²) >= 11 is 6.58. The number of allylic oxidation sites excluding steroid dienone is 2. The number of benzene rings is 1. The first-order chi connectivity index (χ1) is 19.7. The third-order valence-electron chi connectivity index (χ3n) is 7.66. The maximum atomic E-state index is 13.0. The third kappa shape index (κ3) is 6.64. The van der Waals surface area contributed by atoms with E-state index >= 15 is 0 Å². The number of carbonyl (C=O) groups excluding carboxylic acids is 2. The van der Waals surface area contributed by atoms with Crippen molar-refractivity contribution in [2.75, 3.05) is 37.7 Å². The summed E-state index contributed by atoms with van der Waals surface area (Å²) in [6.45, 7) is 7.56. The Labute approximate surface area is 247 Å². The zero-order chi connectivity index (χ0) is 30.9. The average Bonchev–Trinajstić information content (AvgIpc) is 3.47. The standard InChI is InChI=1S/C29H35ClF3N5O4/c1-5-6-20(40)14-42-21-7-8-23(30)22(9-21)26-35-25(24(16(3)34)17(4)39)15(2)27(36-26)37-10-18-12-38(13-19(18)11-37)28(41)29(31,32)33/h7-9,18-20,40H,5-6,10-14,34H2,1-4H3/t18-,19+,20-/m1/s1. The number of anilines is 1. The fraction of sp³-hybridized carbons (Fsp3) is 0.517. The van der Waals surface area contributed by atoms with Crippen molar-refractivity contribution in [3.8, 4) is 17.1 Å². The summed E-state index contributed by atoms with van der Waals surface area (Å²) < 4.78 is 44.8. The van der Waals surface area contributed by atoms with Gasteiger partial charge in [-0.25, -0.2) is 9.97 Å². The quantitative estimate of drug-likeness (QED) is 0.402. The van der Waals surface area contributed by atoms with Crippen LogP contribution in [0.3, 0.4) is 0 Å². The zero-order valence-electron chi connectivity index (χ0n) is 24.0. The number of nitrogens with two attached hydrogens (primary N) is 1. The van der Waals surface area contributed by atoms with Crippen LogP contribution in [-0.4, -0.2) is 76.7 Å². The highest BCUT2D eigenvalue weighted by Crippen LogP contribution is 2.39. The molecule has 42 heavy (non-hydrogen) atoms. The van der Waals surface area contributed by atoms with Crippen LogP contribution in [0.15, 0.2) is 23.9 Å². The van der Waals surface area contributed by atoms with Crippen LogP contribution in [0.1, 0.15) is 44.9 Å². The molecule has 9 nitrogen and oxygen atoms in total. The molecule has 3 heterocycles. The van der Waals surface area contributed by atoms with Gasteiger partial charge in [0, 0.05) is 54.8 Å². The molecule has 4 rings (SSSR count). The van der Waals surface area contributed by atoms with Crippen molar-refractivity contribution in [2.45, 2.75) is 52.8 Å². The van der Waals surface area contributed by atoms with Gasteiger partial charge >= 0.3 is 12.1 Å². The summed E-state index contributed by atoms with van der Waals surface area (Å²) in [6, 6.07) is 4.95. The number of nitrogens with zero attached hydrogens (tertiary/aromatic N) is 4. The molecule has 1 amide bonds. The summed E-state index contributed by atoms with van der Waals surface area (Å²) in [5, 5.41) is 10.4. The number of fused-ring (bicyclic) bond motifs is 1. The SMILES string of the molecule is CCC[C@@H](O)COc1ccc(Cl)c(-c2nc(C(C(C)=O)=C(C)N)c(C)c(N3C[C@H]4CN(C(=O)C(F)(F)F)C[C@H]4C3)n2)c1. The molecular formula is C29H35ClF3N5O4. The number of ether oxygens (including phenoxy) is 1. The van der Waals surface area contributed by atoms with E-state index in [1.165, 1.54) is 6.92 Å². The minimum Gasteiger partial charge on any atom is -0.491 e. The van der Waals surface area contributed by atoms with E-state index in [-0.39, 0.29) is 54.4 Å². The molecule has 2 aromatic rings. The first-order valence-electron chi connectivity index (χ1n) is 13.8. The fourth-order valence-corrected chi connectivity index (χ4v) is 5.90. The Morgan fingerprint density at radius 3 is 2.36 bits per heavy atom. The number of carbonyl (C=O) groups is 2. The molecule has 0 saturated carbocycles. The third-order valence-corrected chi connectivity index (χ3v) is 7.99. The van der Waals surface area contributed by atoms with E-state index in [1.54, 1.807) is 32.0 Å². The average molecular weight is 610 g/mol. The number of aliphatic hydroxyl groups is 1. The Morgan fingerprint density at radius 2 is 1.81 bits per heavy atom. The van der Waals surface area contributed by atoms with Crippen LogP contribution in [0.2, 0.25) is 5.02 Å². The topological polar surface area (TPSA) is 122 Å². The van der Waals surface area contributed by atoms with E-state index in [0.717, 1.165) is 11.3 Å². The first-order valence-corrected chi connectivity index (χ1v) is 14.2. The lowest BCUT2D eigenvalue weighted by Gasteiger charge is -2.25. The Kier molecular flexibility index (Phi) is 9.36. The normalized spacial score (nSPS) is 19.9. The van der Waals surface area contributed by atoms with E-state index < -0.39 is 18.2 Å². The van der Waals surface area contributed by atoms with Crippen molar-refractivity contribution in [2.24, 2.45) is 17.6 Å². The van der Waals surface area contributed by atoms with Crippen LogP contribution in [0.5, 0.6) is 5.75 Å². The van der Waals surface area contributed by atoms with Crippen LogP contribution in [-0.2, 0) is 9.59 Å². The second-order valence-electron chi connectivity index (χ2n) is 11.0. The Morgan fingerprint density at radius 1 is 1.17 bits per heavy atom. The Balaban J connectivity index is 1.72. The van der Waals surface area contributed by atoms with Crippen LogP contribution in [0.25, 0.3) is 17.0 Å². The number of hydrogen-bond acceptors (Lipinski definition) is 8. The molecule has 0 bridgehead atoms. The van der Waals surface area contributed by atoms with Gasteiger partial charge in [0.15, 0.2) is 11.6 Å². The van der Waals surface area contributed by atoms with Gasteiger partial charge in [-0.05, 0) is 45.4 Å². The molecular weight excluding hydrogens is 575 g/mol. The molecule has 2 saturated heterocycles. The number of Topliss-reactive ketones (excluding diaryl/α,β-unsaturated/α-hetero) is 1. The maximum absolute atomic E-state index is 13.0. The van der Waals surface area contributed by atoms with Gasteiger partial charge in [0.05, 0.1) is 22.4 Å². The summed E-state index contributed by atoms with van der Waals surface area (Å²) in [7, 11) is 0. The van der Waals surface area contributed by atoms with Gasteiger partial charge < -0.3 is 25.4 Å². The van der Waals surface area contributed by atoms with Gasteiger partial charge in [0.1, 0.15) is 18.2 Å². The second-order valence-corrected chi connectivity index (χ2v) is 11.4. The summed E-state index contributed by atoms with van der Waals surface area (Å²) in [5.74, 6) is -1.31. The van der Waals surface area contributed by atoms with Crippen molar-refractivity contribution in [1.29, 1.82) is 0 Å². The molecule has 3 atom stereocenters. The molecule has 0 radical (unpaired) electrons. The summed E-state index contributed by atoms with van der Waals surface area (Å²) in [6.07, 6.45) is -4.14. The largest absolute Gasteiger partial charge is 0.491 e. The lowest BCUT2D eigenvalue weighted by atomic mass is 10.0. The predicted molar refractivity (Wildman–Crippen MR) is 153 cm³/mol. The maximum Gasteiger partial charge on any atom is 0.471 e. The fourth-order valence-electron chi connectivity index (χ4n) is 5.69. The highest BCUT2D eigenvalue weighted by Gasteiger charge is 2.49. The van der Waals surface area contributed by atoms with Crippen molar-refractivity contribution >= 4 is 34.7 Å². The first kappa shape index (κ1) is 31.6. The number of aromatic nitrogens is 2. The van der Waals surface area contributed by atoms with Crippen molar-refractivity contribution < 1.29 is 32.6 Å². The molecule has 13 heteroatoms. The summed E-state index contributed by atoms with van der Waals surface area (Å²) in [5.41, 5.74) is 7.96. The van der Waals surface area contributed by atoms with Crippen LogP contribution in [0.4, 0.5) is 19.0 Å². The molecule has 0 aliphatic carbocycles. The molecule has 2 fully saturated rings. The molecule has 3 N–H and O–H groups in total. The van der Waals surface area contributed by atoms with Gasteiger partial charge in [0.2, 0.25) is 0 Å². The van der Waals surface area contributed by atoms with Crippen LogP contribution in [0, 0.1) is 18.8 Å². The zero-order valence-corrected chi connectivity index (χ0v) is 24.7. The number of halogens is 4. The van der Waals surface area contributed by atoms with E-state index in [2.05, 4.69) is 0 Å². The van der Waals surface area contributed by atoms with Crippen LogP contribution < -0.4 is 15.4 Å². The minimum atomic E-state index is -4.91. The van der Waals surface area contributed by atoms with Gasteiger partial charge in [0.25, 0.3) is 0 Å². The molecule has 1 aromatic carbocycles. The highest BCUT2D eigenvalue weighted by molar-refractivity contribution is 6.33. The highest BCUT2D eigenvalue weighted by atomic mass is 35.5. The number of likely N-dealkylation sites (tertiary alicyclic amines) is 1. The monoisotopic (exact) mass is 609 g/mol. The molecule has 0 spiro atoms. The Hall–Kier alpha value is -3.38. The lowest BCUT2D eigenvalue weighted by Crippen LogP contribution is -2.41. The van der Waals surface area contributed by atoms with Crippen molar-refractivity contribution in [3.05, 3.63) is 40.2 Å². The molecule has 2 aliphatic rings. The number of amides is 1. The van der Waals surface area contributed by atoms with E-state index in [1.807, 2.05) is 11.8 Å². The molecule has 1 aromatic heterocycles.